The van der Waals surface area contributed by atoms with Crippen LogP contribution in [0.25, 0.3) is 0 Å². The molecule has 0 aliphatic heterocycles. The number of carbonyl (C=O) groups excluding carboxylic acids is 1. The molecule has 5 nitrogen and oxygen atoms in total. The fraction of sp³-hybridized carbons (Fsp3) is 0.842. The molecule has 24 heavy (non-hydrogen) atoms. The van der Waals surface area contributed by atoms with E-state index in [0.717, 1.165) is 51.4 Å². The number of hydrogen-bond donors (Lipinski definition) is 2. The highest BCUT2D eigenvalue weighted by molar-refractivity contribution is 6.34. The summed E-state index contributed by atoms with van der Waals surface area (Å²) in [4.78, 5) is 33.0. The minimum absolute atomic E-state index is 0.131. The summed E-state index contributed by atoms with van der Waals surface area (Å²) in [6.45, 7) is 7.40. The molecule has 0 unspecified atom stereocenters. The Labute approximate surface area is 145 Å². The number of carbonyl (C=O) groups is 3. The maximum Gasteiger partial charge on any atom is 0.372 e. The first-order valence-corrected chi connectivity index (χ1v) is 8.97. The predicted octanol–water partition coefficient (Wildman–Crippen LogP) is 4.68. The number of carboxylic acids is 2. The van der Waals surface area contributed by atoms with Crippen molar-refractivity contribution < 1.29 is 24.6 Å². The van der Waals surface area contributed by atoms with Crippen LogP contribution in [0.4, 0.5) is 0 Å². The van der Waals surface area contributed by atoms with Gasteiger partial charge in [0, 0.05) is 5.41 Å². The zero-order valence-corrected chi connectivity index (χ0v) is 15.7. The second-order valence-electron chi connectivity index (χ2n) is 8.23. The molecule has 5 heteroatoms. The third-order valence-electron chi connectivity index (χ3n) is 4.59. The van der Waals surface area contributed by atoms with Gasteiger partial charge in [0.1, 0.15) is 0 Å². The monoisotopic (exact) mass is 342 g/mol. The highest BCUT2D eigenvalue weighted by Gasteiger charge is 2.32. The summed E-state index contributed by atoms with van der Waals surface area (Å²) >= 11 is 0. The van der Waals surface area contributed by atoms with E-state index >= 15 is 0 Å². The number of rotatable bonds is 14. The molecule has 0 aromatic carbocycles. The molecule has 0 aliphatic carbocycles. The minimum Gasteiger partial charge on any atom is -0.481 e. The molecule has 2 N–H and O–H groups in total. The van der Waals surface area contributed by atoms with Crippen LogP contribution >= 0.6 is 0 Å². The predicted molar refractivity (Wildman–Crippen MR) is 94.0 cm³/mol. The van der Waals surface area contributed by atoms with Crippen molar-refractivity contribution in [3.8, 4) is 0 Å². The lowest BCUT2D eigenvalue weighted by atomic mass is 9.82. The Morgan fingerprint density at radius 1 is 0.708 bits per heavy atom. The summed E-state index contributed by atoms with van der Waals surface area (Å²) < 4.78 is 0. The van der Waals surface area contributed by atoms with E-state index in [1.165, 1.54) is 0 Å². The van der Waals surface area contributed by atoms with Crippen LogP contribution in [-0.4, -0.2) is 27.9 Å². The van der Waals surface area contributed by atoms with Gasteiger partial charge in [0.15, 0.2) is 0 Å². The summed E-state index contributed by atoms with van der Waals surface area (Å²) in [5, 5.41) is 17.6. The van der Waals surface area contributed by atoms with Crippen molar-refractivity contribution >= 4 is 17.7 Å². The van der Waals surface area contributed by atoms with Gasteiger partial charge in [0.25, 0.3) is 0 Å². The Bertz CT molecular complexity index is 423. The number of unbranched alkanes of at least 4 members (excludes halogenated alkanes) is 6. The third kappa shape index (κ3) is 10.4. The van der Waals surface area contributed by atoms with Crippen LogP contribution < -0.4 is 0 Å². The molecular formula is C19H34O5. The number of aliphatic carboxylic acids is 2. The first-order valence-electron chi connectivity index (χ1n) is 8.97. The van der Waals surface area contributed by atoms with Crippen molar-refractivity contribution in [3.05, 3.63) is 0 Å². The molecule has 0 aromatic heterocycles. The van der Waals surface area contributed by atoms with Crippen molar-refractivity contribution in [3.63, 3.8) is 0 Å². The van der Waals surface area contributed by atoms with Crippen LogP contribution in [0.2, 0.25) is 0 Å². The molecule has 0 bridgehead atoms. The molecule has 0 atom stereocenters. The van der Waals surface area contributed by atoms with Gasteiger partial charge in [-0.2, -0.15) is 0 Å². The highest BCUT2D eigenvalue weighted by Crippen LogP contribution is 2.28. The SMILES string of the molecule is CC(C)(CCCCCCCCCC(C)(C)C(=O)C(=O)O)CC(=O)O. The standard InChI is InChI=1S/C19H34O5/c1-18(2,14-15(20)21)12-10-8-6-5-7-9-11-13-19(3,4)16(22)17(23)24/h5-14H2,1-4H3,(H,20,21)(H,23,24). The quantitative estimate of drug-likeness (QED) is 0.353. The minimum atomic E-state index is -1.34. The number of ketones is 1. The van der Waals surface area contributed by atoms with Gasteiger partial charge in [-0.3, -0.25) is 9.59 Å². The lowest BCUT2D eigenvalue weighted by molar-refractivity contribution is -0.153. The normalized spacial score (nSPS) is 12.2. The maximum atomic E-state index is 11.5. The topological polar surface area (TPSA) is 91.7 Å². The average molecular weight is 342 g/mol. The molecule has 0 saturated carbocycles. The molecule has 0 fully saturated rings. The van der Waals surface area contributed by atoms with Gasteiger partial charge in [-0.05, 0) is 18.3 Å². The second-order valence-corrected chi connectivity index (χ2v) is 8.23. The van der Waals surface area contributed by atoms with E-state index in [-0.39, 0.29) is 11.8 Å². The fourth-order valence-electron chi connectivity index (χ4n) is 2.96. The van der Waals surface area contributed by atoms with E-state index in [9.17, 15) is 14.4 Å². The van der Waals surface area contributed by atoms with E-state index < -0.39 is 23.1 Å². The summed E-state index contributed by atoms with van der Waals surface area (Å²) in [5.41, 5.74) is -0.907. The third-order valence-corrected chi connectivity index (χ3v) is 4.59. The number of Topliss-reactive ketones (excluding diaryl/α,β-unsaturated/α-hetero) is 1. The first kappa shape index (κ1) is 22.6. The Morgan fingerprint density at radius 3 is 1.54 bits per heavy atom. The molecule has 140 valence electrons. The van der Waals surface area contributed by atoms with Gasteiger partial charge >= 0.3 is 11.9 Å². The highest BCUT2D eigenvalue weighted by atomic mass is 16.4. The summed E-state index contributed by atoms with van der Waals surface area (Å²) in [6, 6.07) is 0. The van der Waals surface area contributed by atoms with Crippen LogP contribution in [-0.2, 0) is 14.4 Å². The number of hydrogen-bond acceptors (Lipinski definition) is 3. The maximum absolute atomic E-state index is 11.5. The lowest BCUT2D eigenvalue weighted by Crippen LogP contribution is -2.31. The molecule has 0 saturated heterocycles. The molecule has 0 aliphatic rings. The van der Waals surface area contributed by atoms with Crippen molar-refractivity contribution in [2.75, 3.05) is 0 Å². The van der Waals surface area contributed by atoms with Gasteiger partial charge in [-0.25, -0.2) is 4.79 Å². The van der Waals surface area contributed by atoms with Crippen LogP contribution in [0.3, 0.4) is 0 Å². The Balaban J connectivity index is 3.67. The van der Waals surface area contributed by atoms with E-state index in [1.54, 1.807) is 13.8 Å². The first-order chi connectivity index (χ1) is 11.0. The Hall–Kier alpha value is -1.39. The second kappa shape index (κ2) is 10.5. The number of carboxylic acid groups (broad SMARTS) is 2. The van der Waals surface area contributed by atoms with E-state index in [4.69, 9.17) is 10.2 Å². The van der Waals surface area contributed by atoms with Gasteiger partial charge in [0.05, 0.1) is 6.42 Å². The lowest BCUT2D eigenvalue weighted by Gasteiger charge is -2.22. The van der Waals surface area contributed by atoms with E-state index in [1.807, 2.05) is 13.8 Å². The summed E-state index contributed by atoms with van der Waals surface area (Å²) in [7, 11) is 0. The summed E-state index contributed by atoms with van der Waals surface area (Å²) in [5.74, 6) is -2.78. The van der Waals surface area contributed by atoms with Gasteiger partial charge in [0.2, 0.25) is 5.78 Å². The van der Waals surface area contributed by atoms with Crippen LogP contribution in [0.15, 0.2) is 0 Å². The fourth-order valence-corrected chi connectivity index (χ4v) is 2.96. The van der Waals surface area contributed by atoms with Crippen molar-refractivity contribution in [2.24, 2.45) is 10.8 Å². The molecule has 0 spiro atoms. The summed E-state index contributed by atoms with van der Waals surface area (Å²) in [6.07, 6.45) is 9.19. The molecule has 0 rings (SSSR count). The molecular weight excluding hydrogens is 308 g/mol. The molecule has 0 heterocycles. The van der Waals surface area contributed by atoms with Crippen LogP contribution in [0.1, 0.15) is 91.9 Å². The molecule has 0 aromatic rings. The van der Waals surface area contributed by atoms with Gasteiger partial charge in [-0.1, -0.05) is 72.6 Å². The largest absolute Gasteiger partial charge is 0.481 e. The van der Waals surface area contributed by atoms with Gasteiger partial charge < -0.3 is 10.2 Å². The average Bonchev–Trinajstić information content (AvgIpc) is 2.42. The van der Waals surface area contributed by atoms with Crippen molar-refractivity contribution in [2.45, 2.75) is 91.9 Å². The van der Waals surface area contributed by atoms with E-state index in [0.29, 0.717) is 6.42 Å². The molecule has 0 amide bonds. The van der Waals surface area contributed by atoms with Gasteiger partial charge in [-0.15, -0.1) is 0 Å². The molecule has 0 radical (unpaired) electrons. The van der Waals surface area contributed by atoms with Crippen LogP contribution in [0.5, 0.6) is 0 Å². The smallest absolute Gasteiger partial charge is 0.372 e. The van der Waals surface area contributed by atoms with Crippen LogP contribution in [0, 0.1) is 10.8 Å². The Kier molecular flexibility index (Phi) is 9.86. The van der Waals surface area contributed by atoms with E-state index in [2.05, 4.69) is 0 Å². The zero-order valence-electron chi connectivity index (χ0n) is 15.7. The zero-order chi connectivity index (χ0) is 18.8. The van der Waals surface area contributed by atoms with Crippen molar-refractivity contribution in [1.29, 1.82) is 0 Å². The Morgan fingerprint density at radius 2 is 1.12 bits per heavy atom. The van der Waals surface area contributed by atoms with Crippen molar-refractivity contribution in [1.82, 2.24) is 0 Å².